The van der Waals surface area contributed by atoms with E-state index < -0.39 is 27.9 Å². The van der Waals surface area contributed by atoms with Crippen LogP contribution in [0.5, 0.6) is 5.88 Å². The smallest absolute Gasteiger partial charge is 0.416 e. The van der Waals surface area contributed by atoms with Gasteiger partial charge in [0.25, 0.3) is 0 Å². The molecule has 0 N–H and O–H groups in total. The lowest BCUT2D eigenvalue weighted by Crippen LogP contribution is -2.31. The standard InChI is InChI=1S/C15H14F3N3O3S/c16-15(17,18)11-3-1-4-13(9-11)25(22,23)21-8-6-12(10-21)24-14-5-2-7-19-20-14/h1-5,7,9,12H,6,8,10H2. The van der Waals surface area contributed by atoms with Gasteiger partial charge in [0.1, 0.15) is 6.10 Å². The number of ether oxygens (including phenoxy) is 1. The Labute approximate surface area is 142 Å². The zero-order valence-corrected chi connectivity index (χ0v) is 13.7. The molecule has 1 fully saturated rings. The Morgan fingerprint density at radius 3 is 2.68 bits per heavy atom. The summed E-state index contributed by atoms with van der Waals surface area (Å²) in [4.78, 5) is -0.387. The molecule has 10 heteroatoms. The fraction of sp³-hybridized carbons (Fsp3) is 0.333. The molecule has 0 saturated carbocycles. The average Bonchev–Trinajstić information content (AvgIpc) is 3.04. The largest absolute Gasteiger partial charge is 0.472 e. The molecule has 6 nitrogen and oxygen atoms in total. The lowest BCUT2D eigenvalue weighted by atomic mass is 10.2. The van der Waals surface area contributed by atoms with Gasteiger partial charge in [-0.05, 0) is 30.7 Å². The Kier molecular flexibility index (Phi) is 4.65. The fourth-order valence-electron chi connectivity index (χ4n) is 2.52. The molecule has 134 valence electrons. The van der Waals surface area contributed by atoms with E-state index in [0.29, 0.717) is 12.5 Å². The van der Waals surface area contributed by atoms with Crippen LogP contribution in [0.15, 0.2) is 47.5 Å². The second kappa shape index (κ2) is 6.60. The van der Waals surface area contributed by atoms with Crippen molar-refractivity contribution in [3.8, 4) is 5.88 Å². The second-order valence-electron chi connectivity index (χ2n) is 5.48. The Hall–Kier alpha value is -2.20. The van der Waals surface area contributed by atoms with Crippen molar-refractivity contribution >= 4 is 10.0 Å². The highest BCUT2D eigenvalue weighted by molar-refractivity contribution is 7.89. The third-order valence-electron chi connectivity index (χ3n) is 3.74. The van der Waals surface area contributed by atoms with E-state index in [1.807, 2.05) is 0 Å². The zero-order chi connectivity index (χ0) is 18.1. The summed E-state index contributed by atoms with van der Waals surface area (Å²) in [5.41, 5.74) is -1.000. The number of hydrogen-bond acceptors (Lipinski definition) is 5. The lowest BCUT2D eigenvalue weighted by Gasteiger charge is -2.17. The number of aromatic nitrogens is 2. The van der Waals surface area contributed by atoms with Crippen molar-refractivity contribution < 1.29 is 26.3 Å². The average molecular weight is 373 g/mol. The molecular weight excluding hydrogens is 359 g/mol. The maximum atomic E-state index is 12.8. The number of sulfonamides is 1. The predicted molar refractivity (Wildman–Crippen MR) is 81.3 cm³/mol. The van der Waals surface area contributed by atoms with Gasteiger partial charge in [0.05, 0.1) is 17.0 Å². The van der Waals surface area contributed by atoms with Crippen LogP contribution in [0, 0.1) is 0 Å². The van der Waals surface area contributed by atoms with Crippen LogP contribution in [0.4, 0.5) is 13.2 Å². The van der Waals surface area contributed by atoms with Crippen LogP contribution in [0.2, 0.25) is 0 Å². The van der Waals surface area contributed by atoms with Crippen molar-refractivity contribution in [3.63, 3.8) is 0 Å². The molecule has 2 heterocycles. The second-order valence-corrected chi connectivity index (χ2v) is 7.42. The molecule has 25 heavy (non-hydrogen) atoms. The van der Waals surface area contributed by atoms with Gasteiger partial charge in [-0.1, -0.05) is 6.07 Å². The minimum atomic E-state index is -4.60. The molecule has 3 rings (SSSR count). The lowest BCUT2D eigenvalue weighted by molar-refractivity contribution is -0.137. The van der Waals surface area contributed by atoms with Gasteiger partial charge in [0.15, 0.2) is 0 Å². The first-order chi connectivity index (χ1) is 11.8. The normalized spacial score (nSPS) is 19.1. The highest BCUT2D eigenvalue weighted by atomic mass is 32.2. The number of benzene rings is 1. The maximum absolute atomic E-state index is 12.8. The summed E-state index contributed by atoms with van der Waals surface area (Å²) >= 11 is 0. The highest BCUT2D eigenvalue weighted by Crippen LogP contribution is 2.32. The van der Waals surface area contributed by atoms with Gasteiger partial charge in [-0.3, -0.25) is 0 Å². The van der Waals surface area contributed by atoms with Crippen molar-refractivity contribution in [2.75, 3.05) is 13.1 Å². The molecule has 0 spiro atoms. The molecule has 0 bridgehead atoms. The molecule has 0 radical (unpaired) electrons. The van der Waals surface area contributed by atoms with Crippen LogP contribution in [0.1, 0.15) is 12.0 Å². The van der Waals surface area contributed by atoms with Gasteiger partial charge in [-0.2, -0.15) is 22.6 Å². The van der Waals surface area contributed by atoms with Crippen LogP contribution in [-0.2, 0) is 16.2 Å². The van der Waals surface area contributed by atoms with Crippen LogP contribution in [-0.4, -0.2) is 42.1 Å². The summed E-state index contributed by atoms with van der Waals surface area (Å²) in [6, 6.07) is 6.95. The summed E-state index contributed by atoms with van der Waals surface area (Å²) in [7, 11) is -4.03. The summed E-state index contributed by atoms with van der Waals surface area (Å²) in [6.07, 6.45) is -3.15. The molecule has 1 aromatic heterocycles. The zero-order valence-electron chi connectivity index (χ0n) is 12.8. The number of hydrogen-bond donors (Lipinski definition) is 0. The van der Waals surface area contributed by atoms with Crippen molar-refractivity contribution in [1.29, 1.82) is 0 Å². The van der Waals surface area contributed by atoms with E-state index in [2.05, 4.69) is 10.2 Å². The van der Waals surface area contributed by atoms with Crippen LogP contribution >= 0.6 is 0 Å². The Bertz CT molecular complexity index is 844. The van der Waals surface area contributed by atoms with Crippen molar-refractivity contribution in [2.45, 2.75) is 23.6 Å². The van der Waals surface area contributed by atoms with Crippen molar-refractivity contribution in [3.05, 3.63) is 48.2 Å². The minimum absolute atomic E-state index is 0.0369. The summed E-state index contributed by atoms with van der Waals surface area (Å²) < 4.78 is 70.2. The van der Waals surface area contributed by atoms with E-state index in [1.54, 1.807) is 12.1 Å². The summed E-state index contributed by atoms with van der Waals surface area (Å²) in [5.74, 6) is 0.269. The molecule has 1 aliphatic rings. The molecule has 2 aromatic rings. The van der Waals surface area contributed by atoms with Crippen molar-refractivity contribution in [1.82, 2.24) is 14.5 Å². The van der Waals surface area contributed by atoms with E-state index in [9.17, 15) is 21.6 Å². The van der Waals surface area contributed by atoms with Crippen LogP contribution in [0.3, 0.4) is 0 Å². The van der Waals surface area contributed by atoms with E-state index >= 15 is 0 Å². The van der Waals surface area contributed by atoms with Crippen LogP contribution in [0.25, 0.3) is 0 Å². The fourth-order valence-corrected chi connectivity index (χ4v) is 4.05. The SMILES string of the molecule is O=S(=O)(c1cccc(C(F)(F)F)c1)N1CCC(Oc2cccnn2)C1. The summed E-state index contributed by atoms with van der Waals surface area (Å²) in [6.45, 7) is 0.193. The molecule has 1 atom stereocenters. The minimum Gasteiger partial charge on any atom is -0.472 e. The quantitative estimate of drug-likeness (QED) is 0.823. The number of rotatable bonds is 4. The van der Waals surface area contributed by atoms with E-state index in [1.165, 1.54) is 6.20 Å². The first-order valence-corrected chi connectivity index (χ1v) is 8.82. The van der Waals surface area contributed by atoms with Gasteiger partial charge in [-0.25, -0.2) is 8.42 Å². The van der Waals surface area contributed by atoms with E-state index in [-0.39, 0.29) is 23.9 Å². The molecule has 0 aliphatic carbocycles. The summed E-state index contributed by atoms with van der Waals surface area (Å²) in [5, 5.41) is 7.42. The van der Waals surface area contributed by atoms with Gasteiger partial charge in [0, 0.05) is 18.8 Å². The molecular formula is C15H14F3N3O3S. The number of nitrogens with zero attached hydrogens (tertiary/aromatic N) is 3. The first-order valence-electron chi connectivity index (χ1n) is 7.38. The van der Waals surface area contributed by atoms with Gasteiger partial charge in [-0.15, -0.1) is 5.10 Å². The van der Waals surface area contributed by atoms with E-state index in [4.69, 9.17) is 4.74 Å². The Morgan fingerprint density at radius 2 is 2.00 bits per heavy atom. The van der Waals surface area contributed by atoms with Gasteiger partial charge in [0.2, 0.25) is 15.9 Å². The monoisotopic (exact) mass is 373 g/mol. The maximum Gasteiger partial charge on any atom is 0.416 e. The molecule has 1 saturated heterocycles. The Morgan fingerprint density at radius 1 is 1.20 bits per heavy atom. The number of halogens is 3. The van der Waals surface area contributed by atoms with Gasteiger partial charge >= 0.3 is 6.18 Å². The highest BCUT2D eigenvalue weighted by Gasteiger charge is 2.36. The number of alkyl halides is 3. The van der Waals surface area contributed by atoms with E-state index in [0.717, 1.165) is 22.5 Å². The molecule has 0 amide bonds. The third-order valence-corrected chi connectivity index (χ3v) is 5.60. The topological polar surface area (TPSA) is 72.4 Å². The molecule has 1 unspecified atom stereocenters. The molecule has 1 aliphatic heterocycles. The predicted octanol–water partition coefficient (Wildman–Crippen LogP) is 2.34. The first kappa shape index (κ1) is 17.6. The third kappa shape index (κ3) is 3.90. The van der Waals surface area contributed by atoms with Crippen molar-refractivity contribution in [2.24, 2.45) is 0 Å². The van der Waals surface area contributed by atoms with Crippen LogP contribution < -0.4 is 4.74 Å². The molecule has 1 aromatic carbocycles. The Balaban J connectivity index is 1.75. The van der Waals surface area contributed by atoms with Gasteiger partial charge < -0.3 is 4.74 Å².